The van der Waals surface area contributed by atoms with Gasteiger partial charge in [-0.25, -0.2) is 8.78 Å². The molecule has 17 heavy (non-hydrogen) atoms. The highest BCUT2D eigenvalue weighted by Crippen LogP contribution is 2.28. The Morgan fingerprint density at radius 1 is 1.59 bits per heavy atom. The van der Waals surface area contributed by atoms with E-state index in [1.54, 1.807) is 0 Å². The molecule has 0 aliphatic carbocycles. The van der Waals surface area contributed by atoms with Crippen molar-refractivity contribution in [3.63, 3.8) is 0 Å². The third-order valence-electron chi connectivity index (χ3n) is 2.05. The molecule has 0 aliphatic rings. The smallest absolute Gasteiger partial charge is 0.310 e. The van der Waals surface area contributed by atoms with E-state index in [4.69, 9.17) is 23.2 Å². The maximum absolute atomic E-state index is 12.8. The van der Waals surface area contributed by atoms with Gasteiger partial charge in [0.05, 0.1) is 25.1 Å². The van der Waals surface area contributed by atoms with Crippen LogP contribution in [0.5, 0.6) is 0 Å². The van der Waals surface area contributed by atoms with Gasteiger partial charge in [-0.05, 0) is 6.07 Å². The normalized spacial score (nSPS) is 10.7. The number of aromatic nitrogens is 1. The second-order valence-corrected chi connectivity index (χ2v) is 3.82. The lowest BCUT2D eigenvalue weighted by Crippen LogP contribution is -2.10. The molecule has 0 spiro atoms. The predicted octanol–water partition coefficient (Wildman–Crippen LogP) is 3.13. The second-order valence-electron chi connectivity index (χ2n) is 3.15. The van der Waals surface area contributed by atoms with Gasteiger partial charge in [0.2, 0.25) is 0 Å². The van der Waals surface area contributed by atoms with Crippen molar-refractivity contribution in [3.8, 4) is 0 Å². The minimum absolute atomic E-state index is 0.0256. The Balaban J connectivity index is 3.21. The van der Waals surface area contributed by atoms with Crippen LogP contribution in [0.15, 0.2) is 6.07 Å². The summed E-state index contributed by atoms with van der Waals surface area (Å²) in [5, 5.41) is 0.0383. The van der Waals surface area contributed by atoms with Crippen molar-refractivity contribution in [1.29, 1.82) is 0 Å². The van der Waals surface area contributed by atoms with E-state index in [-0.39, 0.29) is 28.6 Å². The molecule has 7 heteroatoms. The first-order valence-electron chi connectivity index (χ1n) is 4.58. The van der Waals surface area contributed by atoms with Crippen molar-refractivity contribution in [2.24, 2.45) is 0 Å². The zero-order valence-corrected chi connectivity index (χ0v) is 10.4. The number of halogens is 4. The highest BCUT2D eigenvalue weighted by Gasteiger charge is 2.21. The van der Waals surface area contributed by atoms with E-state index >= 15 is 0 Å². The van der Waals surface area contributed by atoms with Gasteiger partial charge in [0.25, 0.3) is 6.43 Å². The van der Waals surface area contributed by atoms with Crippen LogP contribution in [-0.2, 0) is 21.8 Å². The molecule has 0 fully saturated rings. The molecule has 3 nitrogen and oxygen atoms in total. The summed E-state index contributed by atoms with van der Waals surface area (Å²) in [5.74, 6) is -0.688. The van der Waals surface area contributed by atoms with Gasteiger partial charge in [-0.1, -0.05) is 11.6 Å². The Hall–Kier alpha value is -0.940. The Morgan fingerprint density at radius 2 is 2.24 bits per heavy atom. The summed E-state index contributed by atoms with van der Waals surface area (Å²) >= 11 is 11.3. The molecule has 0 aliphatic heterocycles. The summed E-state index contributed by atoms with van der Waals surface area (Å²) in [6.45, 7) is 0. The van der Waals surface area contributed by atoms with Crippen molar-refractivity contribution in [2.45, 2.75) is 18.7 Å². The highest BCUT2D eigenvalue weighted by atomic mass is 35.5. The molecule has 0 aromatic carbocycles. The van der Waals surface area contributed by atoms with Gasteiger partial charge in [-0.3, -0.25) is 9.78 Å². The van der Waals surface area contributed by atoms with Gasteiger partial charge in [-0.15, -0.1) is 11.6 Å². The molecule has 1 rings (SSSR count). The fourth-order valence-electron chi connectivity index (χ4n) is 1.25. The summed E-state index contributed by atoms with van der Waals surface area (Å²) in [6, 6.07) is 1.36. The van der Waals surface area contributed by atoms with E-state index in [0.717, 1.165) is 0 Å². The lowest BCUT2D eigenvalue weighted by atomic mass is 10.1. The van der Waals surface area contributed by atoms with E-state index in [2.05, 4.69) is 9.72 Å². The standard InChI is InChI=1S/C10H9Cl2F2NO2/c1-17-8(16)3-6-7(12)2-5(4-11)15-9(6)10(13)14/h2,10H,3-4H2,1H3. The van der Waals surface area contributed by atoms with Gasteiger partial charge in [0.1, 0.15) is 5.69 Å². The number of rotatable bonds is 4. The van der Waals surface area contributed by atoms with Crippen LogP contribution in [0.1, 0.15) is 23.4 Å². The quantitative estimate of drug-likeness (QED) is 0.630. The second kappa shape index (κ2) is 6.12. The van der Waals surface area contributed by atoms with E-state index in [1.807, 2.05) is 0 Å². The van der Waals surface area contributed by atoms with E-state index in [1.165, 1.54) is 13.2 Å². The number of pyridine rings is 1. The van der Waals surface area contributed by atoms with Crippen molar-refractivity contribution in [3.05, 3.63) is 28.0 Å². The summed E-state index contributed by atoms with van der Waals surface area (Å²) in [4.78, 5) is 14.7. The summed E-state index contributed by atoms with van der Waals surface area (Å²) in [7, 11) is 1.17. The van der Waals surface area contributed by atoms with Crippen LogP contribution in [0.2, 0.25) is 5.02 Å². The molecule has 0 atom stereocenters. The molecule has 0 saturated carbocycles. The first-order valence-corrected chi connectivity index (χ1v) is 5.50. The molecular weight excluding hydrogens is 275 g/mol. The van der Waals surface area contributed by atoms with E-state index in [0.29, 0.717) is 0 Å². The minimum Gasteiger partial charge on any atom is -0.469 e. The van der Waals surface area contributed by atoms with Crippen LogP contribution in [-0.4, -0.2) is 18.1 Å². The average Bonchev–Trinajstić information content (AvgIpc) is 2.30. The van der Waals surface area contributed by atoms with Crippen molar-refractivity contribution in [2.75, 3.05) is 7.11 Å². The van der Waals surface area contributed by atoms with E-state index < -0.39 is 18.1 Å². The largest absolute Gasteiger partial charge is 0.469 e. The summed E-state index contributed by atoms with van der Waals surface area (Å²) in [6.07, 6.45) is -3.17. The molecule has 1 heterocycles. The molecular formula is C10H9Cl2F2NO2. The van der Waals surface area contributed by atoms with Crippen LogP contribution in [0.4, 0.5) is 8.78 Å². The molecule has 0 bridgehead atoms. The zero-order valence-electron chi connectivity index (χ0n) is 8.84. The SMILES string of the molecule is COC(=O)Cc1c(Cl)cc(CCl)nc1C(F)F. The van der Waals surface area contributed by atoms with Crippen LogP contribution in [0, 0.1) is 0 Å². The van der Waals surface area contributed by atoms with Crippen LogP contribution < -0.4 is 0 Å². The van der Waals surface area contributed by atoms with Crippen molar-refractivity contribution >= 4 is 29.2 Å². The Labute approximate surface area is 107 Å². The molecule has 94 valence electrons. The number of carbonyl (C=O) groups is 1. The lowest BCUT2D eigenvalue weighted by molar-refractivity contribution is -0.139. The predicted molar refractivity (Wildman–Crippen MR) is 59.5 cm³/mol. The fraction of sp³-hybridized carbons (Fsp3) is 0.400. The number of hydrogen-bond acceptors (Lipinski definition) is 3. The van der Waals surface area contributed by atoms with Crippen molar-refractivity contribution < 1.29 is 18.3 Å². The van der Waals surface area contributed by atoms with Crippen LogP contribution in [0.3, 0.4) is 0 Å². The number of carbonyl (C=O) groups excluding carboxylic acids is 1. The third-order valence-corrected chi connectivity index (χ3v) is 2.66. The maximum atomic E-state index is 12.8. The molecule has 0 amide bonds. The van der Waals surface area contributed by atoms with Gasteiger partial charge >= 0.3 is 5.97 Å². The Morgan fingerprint density at radius 3 is 2.71 bits per heavy atom. The van der Waals surface area contributed by atoms with Gasteiger partial charge < -0.3 is 4.74 Å². The molecule has 0 radical (unpaired) electrons. The highest BCUT2D eigenvalue weighted by molar-refractivity contribution is 6.31. The zero-order chi connectivity index (χ0) is 13.0. The Kier molecular flexibility index (Phi) is 5.08. The first kappa shape index (κ1) is 14.1. The number of hydrogen-bond donors (Lipinski definition) is 0. The molecule has 1 aromatic rings. The average molecular weight is 284 g/mol. The molecule has 0 unspecified atom stereocenters. The summed E-state index contributed by atoms with van der Waals surface area (Å²) in [5.41, 5.74) is -0.318. The number of nitrogens with zero attached hydrogens (tertiary/aromatic N) is 1. The molecule has 1 aromatic heterocycles. The Bertz CT molecular complexity index is 427. The fourth-order valence-corrected chi connectivity index (χ4v) is 1.68. The maximum Gasteiger partial charge on any atom is 0.310 e. The number of alkyl halides is 3. The number of esters is 1. The number of methoxy groups -OCH3 is 1. The van der Waals surface area contributed by atoms with Gasteiger partial charge in [-0.2, -0.15) is 0 Å². The molecule has 0 N–H and O–H groups in total. The number of ether oxygens (including phenoxy) is 1. The van der Waals surface area contributed by atoms with Gasteiger partial charge in [0.15, 0.2) is 0 Å². The first-order chi connectivity index (χ1) is 7.99. The minimum atomic E-state index is -2.82. The van der Waals surface area contributed by atoms with E-state index in [9.17, 15) is 13.6 Å². The van der Waals surface area contributed by atoms with Crippen LogP contribution >= 0.6 is 23.2 Å². The lowest BCUT2D eigenvalue weighted by Gasteiger charge is -2.10. The topological polar surface area (TPSA) is 39.2 Å². The van der Waals surface area contributed by atoms with Crippen LogP contribution in [0.25, 0.3) is 0 Å². The molecule has 0 saturated heterocycles. The third kappa shape index (κ3) is 3.51. The van der Waals surface area contributed by atoms with Crippen molar-refractivity contribution in [1.82, 2.24) is 4.98 Å². The monoisotopic (exact) mass is 283 g/mol. The van der Waals surface area contributed by atoms with Gasteiger partial charge in [0, 0.05) is 10.6 Å². The summed E-state index contributed by atoms with van der Waals surface area (Å²) < 4.78 is 29.9.